The highest BCUT2D eigenvalue weighted by Crippen LogP contribution is 2.24. The number of thioether (sulfide) groups is 1. The minimum Gasteiger partial charge on any atom is -0.293 e. The summed E-state index contributed by atoms with van der Waals surface area (Å²) in [5.74, 6) is -0.354. The molecular weight excluding hydrogens is 351 g/mol. The van der Waals surface area contributed by atoms with Crippen LogP contribution >= 0.6 is 35.3 Å². The predicted octanol–water partition coefficient (Wildman–Crippen LogP) is 4.78. The Morgan fingerprint density at radius 3 is 2.74 bits per heavy atom. The zero-order valence-corrected chi connectivity index (χ0v) is 14.3. The second-order valence-electron chi connectivity index (χ2n) is 4.60. The van der Waals surface area contributed by atoms with Gasteiger partial charge in [-0.05, 0) is 36.5 Å². The molecule has 0 fully saturated rings. The molecule has 23 heavy (non-hydrogen) atoms. The number of carbonyl (C=O) groups is 1. The van der Waals surface area contributed by atoms with Crippen molar-refractivity contribution in [2.24, 2.45) is 0 Å². The van der Waals surface area contributed by atoms with E-state index in [0.717, 1.165) is 5.69 Å². The first-order valence-corrected chi connectivity index (χ1v) is 8.92. The van der Waals surface area contributed by atoms with E-state index in [0.29, 0.717) is 13.9 Å². The second kappa shape index (κ2) is 7.16. The third-order valence-electron chi connectivity index (χ3n) is 3.00. The molecular formula is C16H11FN2OS3. The van der Waals surface area contributed by atoms with E-state index in [9.17, 15) is 9.18 Å². The quantitative estimate of drug-likeness (QED) is 0.372. The largest absolute Gasteiger partial charge is 0.293 e. The van der Waals surface area contributed by atoms with Gasteiger partial charge in [0.25, 0.3) is 0 Å². The molecule has 0 saturated heterocycles. The van der Waals surface area contributed by atoms with Gasteiger partial charge in [-0.3, -0.25) is 4.79 Å². The Kier molecular flexibility index (Phi) is 5.00. The molecule has 0 saturated carbocycles. The van der Waals surface area contributed by atoms with Crippen LogP contribution in [0.2, 0.25) is 0 Å². The molecule has 2 aromatic carbocycles. The highest BCUT2D eigenvalue weighted by atomic mass is 32.2. The number of hydrogen-bond acceptors (Lipinski definition) is 5. The summed E-state index contributed by atoms with van der Waals surface area (Å²) in [4.78, 5) is 12.1. The van der Waals surface area contributed by atoms with Crippen LogP contribution in [0.4, 0.5) is 4.39 Å². The number of nitrogens with zero attached hydrogens (tertiary/aromatic N) is 2. The zero-order chi connectivity index (χ0) is 16.2. The Labute approximate surface area is 145 Å². The van der Waals surface area contributed by atoms with Gasteiger partial charge in [-0.2, -0.15) is 0 Å². The summed E-state index contributed by atoms with van der Waals surface area (Å²) in [7, 11) is 0. The fourth-order valence-corrected chi connectivity index (χ4v) is 4.18. The van der Waals surface area contributed by atoms with E-state index in [1.54, 1.807) is 10.7 Å². The molecule has 3 rings (SSSR count). The molecule has 0 aliphatic carbocycles. The highest BCUT2D eigenvalue weighted by molar-refractivity contribution is 8.01. The Bertz CT molecular complexity index is 890. The topological polar surface area (TPSA) is 34.9 Å². The molecule has 3 aromatic rings. The average Bonchev–Trinajstić information content (AvgIpc) is 2.94. The summed E-state index contributed by atoms with van der Waals surface area (Å²) >= 11 is 7.98. The van der Waals surface area contributed by atoms with Gasteiger partial charge in [0.15, 0.2) is 14.1 Å². The van der Waals surface area contributed by atoms with Crippen LogP contribution < -0.4 is 0 Å². The Morgan fingerprint density at radius 1 is 1.22 bits per heavy atom. The Balaban J connectivity index is 1.72. The lowest BCUT2D eigenvalue weighted by molar-refractivity contribution is 0.102. The van der Waals surface area contributed by atoms with Gasteiger partial charge in [0.1, 0.15) is 5.82 Å². The van der Waals surface area contributed by atoms with E-state index in [1.807, 2.05) is 30.3 Å². The van der Waals surface area contributed by atoms with E-state index in [2.05, 4.69) is 5.10 Å². The standard InChI is InChI=1S/C16H11FN2OS3/c17-12-6-4-5-11(9-12)14(20)10-22-15-18-19(16(21)23-15)13-7-2-1-3-8-13/h1-9H,10H2. The lowest BCUT2D eigenvalue weighted by Gasteiger charge is -2.00. The molecule has 1 aromatic heterocycles. The number of rotatable bonds is 5. The first kappa shape index (κ1) is 16.0. The van der Waals surface area contributed by atoms with Gasteiger partial charge in [0.2, 0.25) is 0 Å². The number of hydrogen-bond donors (Lipinski definition) is 0. The van der Waals surface area contributed by atoms with Crippen molar-refractivity contribution in [3.05, 3.63) is 69.9 Å². The SMILES string of the molecule is O=C(CSc1nn(-c2ccccc2)c(=S)s1)c1cccc(F)c1. The lowest BCUT2D eigenvalue weighted by Crippen LogP contribution is -2.03. The number of para-hydroxylation sites is 1. The second-order valence-corrected chi connectivity index (χ2v) is 7.45. The fourth-order valence-electron chi connectivity index (χ4n) is 1.92. The maximum atomic E-state index is 13.1. The molecule has 0 radical (unpaired) electrons. The minimum absolute atomic E-state index is 0.137. The molecule has 0 amide bonds. The maximum Gasteiger partial charge on any atom is 0.184 e. The van der Waals surface area contributed by atoms with Crippen molar-refractivity contribution < 1.29 is 9.18 Å². The zero-order valence-electron chi connectivity index (χ0n) is 11.8. The summed E-state index contributed by atoms with van der Waals surface area (Å²) in [6.07, 6.45) is 0. The summed E-state index contributed by atoms with van der Waals surface area (Å²) in [5.41, 5.74) is 1.25. The smallest absolute Gasteiger partial charge is 0.184 e. The van der Waals surface area contributed by atoms with Crippen LogP contribution in [-0.2, 0) is 0 Å². The van der Waals surface area contributed by atoms with Gasteiger partial charge in [0.05, 0.1) is 11.4 Å². The van der Waals surface area contributed by atoms with Gasteiger partial charge in [0, 0.05) is 5.56 Å². The van der Waals surface area contributed by atoms with Crippen molar-refractivity contribution in [1.82, 2.24) is 9.78 Å². The van der Waals surface area contributed by atoms with Gasteiger partial charge >= 0.3 is 0 Å². The van der Waals surface area contributed by atoms with E-state index in [4.69, 9.17) is 12.2 Å². The fraction of sp³-hybridized carbons (Fsp3) is 0.0625. The van der Waals surface area contributed by atoms with Crippen molar-refractivity contribution >= 4 is 41.1 Å². The van der Waals surface area contributed by atoms with E-state index < -0.39 is 5.82 Å². The molecule has 0 aliphatic heterocycles. The number of benzene rings is 2. The van der Waals surface area contributed by atoms with Gasteiger partial charge in [-0.1, -0.05) is 53.4 Å². The van der Waals surface area contributed by atoms with Crippen molar-refractivity contribution in [2.45, 2.75) is 4.34 Å². The number of ketones is 1. The van der Waals surface area contributed by atoms with Gasteiger partial charge in [-0.15, -0.1) is 5.10 Å². The first-order chi connectivity index (χ1) is 11.1. The van der Waals surface area contributed by atoms with Crippen LogP contribution in [0.5, 0.6) is 0 Å². The number of aromatic nitrogens is 2. The minimum atomic E-state index is -0.412. The third-order valence-corrected chi connectivity index (χ3v) is 5.37. The summed E-state index contributed by atoms with van der Waals surface area (Å²) in [5, 5.41) is 4.43. The van der Waals surface area contributed by atoms with E-state index in [-0.39, 0.29) is 11.5 Å². The molecule has 0 aliphatic rings. The van der Waals surface area contributed by atoms with E-state index in [1.165, 1.54) is 41.3 Å². The van der Waals surface area contributed by atoms with E-state index >= 15 is 0 Å². The molecule has 3 nitrogen and oxygen atoms in total. The van der Waals surface area contributed by atoms with Crippen molar-refractivity contribution in [3.63, 3.8) is 0 Å². The van der Waals surface area contributed by atoms with Crippen molar-refractivity contribution in [1.29, 1.82) is 0 Å². The maximum absolute atomic E-state index is 13.1. The molecule has 0 spiro atoms. The average molecular weight is 362 g/mol. The van der Waals surface area contributed by atoms with Crippen LogP contribution in [-0.4, -0.2) is 21.3 Å². The molecule has 0 atom stereocenters. The molecule has 116 valence electrons. The first-order valence-electron chi connectivity index (χ1n) is 6.70. The Hall–Kier alpha value is -1.83. The number of Topliss-reactive ketones (excluding diaryl/α,β-unsaturated/α-hetero) is 1. The van der Waals surface area contributed by atoms with Gasteiger partial charge in [-0.25, -0.2) is 9.07 Å². The van der Waals surface area contributed by atoms with Crippen LogP contribution in [0.1, 0.15) is 10.4 Å². The highest BCUT2D eigenvalue weighted by Gasteiger charge is 2.11. The van der Waals surface area contributed by atoms with Crippen LogP contribution in [0, 0.1) is 9.77 Å². The van der Waals surface area contributed by atoms with Crippen molar-refractivity contribution in [3.8, 4) is 5.69 Å². The number of halogens is 1. The Morgan fingerprint density at radius 2 is 2.00 bits per heavy atom. The monoisotopic (exact) mass is 362 g/mol. The normalized spacial score (nSPS) is 10.7. The summed E-state index contributed by atoms with van der Waals surface area (Å²) in [6, 6.07) is 15.3. The summed E-state index contributed by atoms with van der Waals surface area (Å²) in [6.45, 7) is 0. The van der Waals surface area contributed by atoms with Crippen molar-refractivity contribution in [2.75, 3.05) is 5.75 Å². The molecule has 0 N–H and O–H groups in total. The number of carbonyl (C=O) groups excluding carboxylic acids is 1. The lowest BCUT2D eigenvalue weighted by atomic mass is 10.1. The molecule has 7 heteroatoms. The molecule has 0 unspecified atom stereocenters. The van der Waals surface area contributed by atoms with Crippen LogP contribution in [0.15, 0.2) is 58.9 Å². The third kappa shape index (κ3) is 3.93. The van der Waals surface area contributed by atoms with Crippen LogP contribution in [0.3, 0.4) is 0 Å². The summed E-state index contributed by atoms with van der Waals surface area (Å²) < 4.78 is 16.2. The molecule has 1 heterocycles. The predicted molar refractivity (Wildman–Crippen MR) is 93.7 cm³/mol. The van der Waals surface area contributed by atoms with Gasteiger partial charge < -0.3 is 0 Å². The molecule has 0 bridgehead atoms. The van der Waals surface area contributed by atoms with Crippen LogP contribution in [0.25, 0.3) is 5.69 Å².